The first kappa shape index (κ1) is 7.98. The zero-order valence-electron chi connectivity index (χ0n) is 6.48. The second-order valence-electron chi connectivity index (χ2n) is 2.28. The van der Waals surface area contributed by atoms with Crippen LogP contribution in [0.2, 0.25) is 0 Å². The van der Waals surface area contributed by atoms with Crippen LogP contribution in [0.5, 0.6) is 0 Å². The van der Waals surface area contributed by atoms with Gasteiger partial charge in [0.2, 0.25) is 0 Å². The van der Waals surface area contributed by atoms with Crippen LogP contribution < -0.4 is 21.2 Å². The predicted molar refractivity (Wildman–Crippen MR) is 38.3 cm³/mol. The van der Waals surface area contributed by atoms with Gasteiger partial charge < -0.3 is 0 Å². The third-order valence-corrected chi connectivity index (χ3v) is 4.20. The summed E-state index contributed by atoms with van der Waals surface area (Å²) in [6.07, 6.45) is 3.90. The van der Waals surface area contributed by atoms with Crippen LogP contribution in [0.25, 0.3) is 0 Å². The number of hydrogen-bond acceptors (Lipinski definition) is 1. The molecule has 0 amide bonds. The Balaban J connectivity index is 3.17. The van der Waals surface area contributed by atoms with Gasteiger partial charge in [0.15, 0.2) is 0 Å². The molecule has 2 heteroatoms. The molecule has 0 atom stereocenters. The molecule has 0 aliphatic heterocycles. The van der Waals surface area contributed by atoms with Crippen LogP contribution in [-0.4, -0.2) is 9.91 Å². The van der Waals surface area contributed by atoms with Crippen molar-refractivity contribution >= 4 is 0 Å². The zero-order chi connectivity index (χ0) is 7.56. The van der Waals surface area contributed by atoms with Crippen molar-refractivity contribution in [2.24, 2.45) is 0 Å². The molecule has 1 aromatic rings. The van der Waals surface area contributed by atoms with Crippen LogP contribution in [0.1, 0.15) is 11.1 Å². The molecular weight excluding hydrogens is 237 g/mol. The van der Waals surface area contributed by atoms with E-state index in [4.69, 9.17) is 0 Å². The summed E-state index contributed by atoms with van der Waals surface area (Å²) in [6.45, 7) is 4.27. The Hall–Kier alpha value is -0.120. The van der Waals surface area contributed by atoms with Crippen LogP contribution in [0, 0.1) is 17.4 Å². The number of alkyl halides is 1. The third kappa shape index (κ3) is 1.48. The summed E-state index contributed by atoms with van der Waals surface area (Å²) in [4.78, 5) is 6.40. The van der Waals surface area contributed by atoms with Crippen molar-refractivity contribution in [2.75, 3.05) is 4.93 Å². The van der Waals surface area contributed by atoms with Gasteiger partial charge in [-0.3, -0.25) is 0 Å². The molecule has 10 heavy (non-hydrogen) atoms. The summed E-state index contributed by atoms with van der Waals surface area (Å²) >= 11 is 0.226. The molecule has 0 radical (unpaired) electrons. The summed E-state index contributed by atoms with van der Waals surface area (Å²) in [5.74, 6) is 0. The maximum atomic E-state index is 4.11. The summed E-state index contributed by atoms with van der Waals surface area (Å²) in [6, 6.07) is 0. The minimum absolute atomic E-state index is 0.226. The molecule has 1 aromatic heterocycles. The van der Waals surface area contributed by atoms with Gasteiger partial charge in [0.1, 0.15) is 0 Å². The van der Waals surface area contributed by atoms with Gasteiger partial charge in [-0.25, -0.2) is 0 Å². The standard InChI is InChI=1S/C8H11IN/c1-6-4-10-5-7(2)8(6)9-3/h4-5H,1-3H3/q-1. The number of hydrogen-bond donors (Lipinski definition) is 0. The second-order valence-corrected chi connectivity index (χ2v) is 4.43. The SMILES string of the molecule is C[I-]c1c(C)cncc1C. The van der Waals surface area contributed by atoms with Gasteiger partial charge in [-0.2, -0.15) is 0 Å². The molecule has 0 aliphatic rings. The van der Waals surface area contributed by atoms with E-state index in [1.807, 2.05) is 12.4 Å². The number of nitrogens with zero attached hydrogens (tertiary/aromatic N) is 1. The third-order valence-electron chi connectivity index (χ3n) is 1.42. The van der Waals surface area contributed by atoms with Gasteiger partial charge in [-0.05, 0) is 0 Å². The fraction of sp³-hybridized carbons (Fsp3) is 0.375. The number of pyridine rings is 1. The topological polar surface area (TPSA) is 12.9 Å². The van der Waals surface area contributed by atoms with Crippen LogP contribution >= 0.6 is 0 Å². The first-order valence-electron chi connectivity index (χ1n) is 3.16. The fourth-order valence-corrected chi connectivity index (χ4v) is 2.96. The summed E-state index contributed by atoms with van der Waals surface area (Å²) in [5, 5.41) is 0. The second kappa shape index (κ2) is 3.32. The molecular formula is C8H11IN-. The van der Waals surface area contributed by atoms with Gasteiger partial charge in [-0.1, -0.05) is 0 Å². The molecule has 1 rings (SSSR count). The van der Waals surface area contributed by atoms with Crippen LogP contribution in [0.4, 0.5) is 0 Å². The Labute approximate surface area is 72.1 Å². The van der Waals surface area contributed by atoms with E-state index in [9.17, 15) is 0 Å². The van der Waals surface area contributed by atoms with Crippen molar-refractivity contribution in [2.45, 2.75) is 13.8 Å². The number of aryl methyl sites for hydroxylation is 2. The summed E-state index contributed by atoms with van der Waals surface area (Å²) in [7, 11) is 0. The first-order valence-corrected chi connectivity index (χ1v) is 6.40. The quantitative estimate of drug-likeness (QED) is 0.439. The average molecular weight is 248 g/mol. The van der Waals surface area contributed by atoms with Crippen LogP contribution in [-0.2, 0) is 0 Å². The molecule has 0 fully saturated rings. The first-order chi connectivity index (χ1) is 4.75. The molecule has 0 aromatic carbocycles. The molecule has 0 saturated carbocycles. The summed E-state index contributed by atoms with van der Waals surface area (Å²) in [5.41, 5.74) is 2.71. The van der Waals surface area contributed by atoms with Gasteiger partial charge in [0.25, 0.3) is 0 Å². The zero-order valence-corrected chi connectivity index (χ0v) is 8.64. The van der Waals surface area contributed by atoms with Crippen LogP contribution in [0.15, 0.2) is 12.4 Å². The molecule has 0 N–H and O–H groups in total. The molecule has 56 valence electrons. The monoisotopic (exact) mass is 248 g/mol. The Morgan fingerprint density at radius 2 is 1.70 bits per heavy atom. The number of aromatic nitrogens is 1. The van der Waals surface area contributed by atoms with Crippen molar-refractivity contribution in [3.63, 3.8) is 0 Å². The van der Waals surface area contributed by atoms with E-state index in [0.29, 0.717) is 0 Å². The molecule has 1 heterocycles. The average Bonchev–Trinajstić information content (AvgIpc) is 1.88. The molecule has 0 saturated heterocycles. The maximum absolute atomic E-state index is 4.11. The number of rotatable bonds is 1. The van der Waals surface area contributed by atoms with E-state index in [-0.39, 0.29) is 21.2 Å². The van der Waals surface area contributed by atoms with Crippen molar-refractivity contribution < 1.29 is 21.2 Å². The number of halogens is 1. The Bertz CT molecular complexity index is 212. The van der Waals surface area contributed by atoms with Gasteiger partial charge in [0, 0.05) is 0 Å². The van der Waals surface area contributed by atoms with E-state index in [1.54, 1.807) is 3.57 Å². The van der Waals surface area contributed by atoms with Crippen molar-refractivity contribution in [3.8, 4) is 0 Å². The normalized spacial score (nSPS) is 10.3. The van der Waals surface area contributed by atoms with E-state index in [2.05, 4.69) is 23.8 Å². The molecule has 0 bridgehead atoms. The van der Waals surface area contributed by atoms with Crippen molar-refractivity contribution in [1.82, 2.24) is 4.98 Å². The van der Waals surface area contributed by atoms with Crippen molar-refractivity contribution in [3.05, 3.63) is 27.1 Å². The Morgan fingerprint density at radius 1 is 1.20 bits per heavy atom. The molecule has 0 spiro atoms. The fourth-order valence-electron chi connectivity index (χ4n) is 0.983. The minimum atomic E-state index is 0.226. The Kier molecular flexibility index (Phi) is 2.65. The predicted octanol–water partition coefficient (Wildman–Crippen LogP) is -1.41. The Morgan fingerprint density at radius 3 is 2.00 bits per heavy atom. The molecule has 0 aliphatic carbocycles. The van der Waals surface area contributed by atoms with Crippen LogP contribution in [0.3, 0.4) is 0 Å². The van der Waals surface area contributed by atoms with E-state index >= 15 is 0 Å². The van der Waals surface area contributed by atoms with E-state index in [0.717, 1.165) is 0 Å². The van der Waals surface area contributed by atoms with Crippen molar-refractivity contribution in [1.29, 1.82) is 0 Å². The van der Waals surface area contributed by atoms with Gasteiger partial charge >= 0.3 is 72.1 Å². The van der Waals surface area contributed by atoms with Gasteiger partial charge in [-0.15, -0.1) is 0 Å². The molecule has 1 nitrogen and oxygen atoms in total. The van der Waals surface area contributed by atoms with Gasteiger partial charge in [0.05, 0.1) is 0 Å². The van der Waals surface area contributed by atoms with E-state index < -0.39 is 0 Å². The summed E-state index contributed by atoms with van der Waals surface area (Å²) < 4.78 is 1.55. The van der Waals surface area contributed by atoms with E-state index in [1.165, 1.54) is 11.1 Å². The molecule has 0 unspecified atom stereocenters.